The fourth-order valence-electron chi connectivity index (χ4n) is 3.22. The molecule has 0 atom stereocenters. The van der Waals surface area contributed by atoms with Crippen LogP contribution in [0.1, 0.15) is 44.9 Å². The van der Waals surface area contributed by atoms with Gasteiger partial charge in [0.25, 0.3) is 0 Å². The van der Waals surface area contributed by atoms with Gasteiger partial charge in [-0.25, -0.2) is 0 Å². The lowest BCUT2D eigenvalue weighted by atomic mass is 9.92. The zero-order valence-corrected chi connectivity index (χ0v) is 13.9. The summed E-state index contributed by atoms with van der Waals surface area (Å²) in [6, 6.07) is 0.780. The summed E-state index contributed by atoms with van der Waals surface area (Å²) >= 11 is 0. The van der Waals surface area contributed by atoms with Gasteiger partial charge in [0.2, 0.25) is 11.9 Å². The summed E-state index contributed by atoms with van der Waals surface area (Å²) in [6.07, 6.45) is 8.38. The number of nitrogens with zero attached hydrogens (tertiary/aromatic N) is 5. The smallest absolute Gasteiger partial charge is 0.322 e. The fourth-order valence-corrected chi connectivity index (χ4v) is 3.22. The predicted molar refractivity (Wildman–Crippen MR) is 89.1 cm³/mol. The van der Waals surface area contributed by atoms with E-state index in [0.29, 0.717) is 30.5 Å². The summed E-state index contributed by atoms with van der Waals surface area (Å²) in [5.41, 5.74) is 0. The molecule has 1 N–H and O–H groups in total. The van der Waals surface area contributed by atoms with E-state index >= 15 is 0 Å². The van der Waals surface area contributed by atoms with Crippen molar-refractivity contribution in [3.63, 3.8) is 0 Å². The van der Waals surface area contributed by atoms with Gasteiger partial charge in [-0.2, -0.15) is 15.0 Å². The highest BCUT2D eigenvalue weighted by Gasteiger charge is 2.28. The maximum atomic E-state index is 9.39. The molecule has 7 heteroatoms. The molecule has 0 bridgehead atoms. The molecular formula is C16H27N5O2. The Labute approximate surface area is 137 Å². The molecule has 1 aromatic heterocycles. The first-order chi connectivity index (χ1) is 11.3. The van der Waals surface area contributed by atoms with E-state index in [9.17, 15) is 5.11 Å². The van der Waals surface area contributed by atoms with Crippen molar-refractivity contribution in [2.75, 3.05) is 43.2 Å². The number of aliphatic hydroxyl groups excluding tert-OH is 1. The Morgan fingerprint density at radius 1 is 1.09 bits per heavy atom. The van der Waals surface area contributed by atoms with Crippen LogP contribution in [-0.2, 0) is 0 Å². The number of ether oxygens (including phenoxy) is 1. The molecule has 0 unspecified atom stereocenters. The number of aromatic nitrogens is 3. The van der Waals surface area contributed by atoms with E-state index in [1.807, 2.05) is 0 Å². The molecule has 7 nitrogen and oxygen atoms in total. The van der Waals surface area contributed by atoms with Crippen LogP contribution in [0.3, 0.4) is 0 Å². The molecule has 3 rings (SSSR count). The van der Waals surface area contributed by atoms with Crippen LogP contribution < -0.4 is 14.5 Å². The number of anilines is 2. The zero-order valence-electron chi connectivity index (χ0n) is 13.9. The van der Waals surface area contributed by atoms with Gasteiger partial charge >= 0.3 is 6.01 Å². The molecule has 23 heavy (non-hydrogen) atoms. The first-order valence-corrected chi connectivity index (χ1v) is 8.74. The van der Waals surface area contributed by atoms with E-state index in [4.69, 9.17) is 9.72 Å². The van der Waals surface area contributed by atoms with Crippen LogP contribution in [-0.4, -0.2) is 59.5 Å². The lowest BCUT2D eigenvalue weighted by molar-refractivity contribution is 0.281. The molecule has 2 aliphatic rings. The van der Waals surface area contributed by atoms with Gasteiger partial charge in [0.1, 0.15) is 0 Å². The van der Waals surface area contributed by atoms with Crippen LogP contribution in [0.15, 0.2) is 0 Å². The molecule has 2 fully saturated rings. The Balaban J connectivity index is 1.87. The van der Waals surface area contributed by atoms with E-state index in [1.165, 1.54) is 32.1 Å². The maximum absolute atomic E-state index is 9.39. The lowest BCUT2D eigenvalue weighted by Gasteiger charge is -2.37. The number of hydrogen-bond acceptors (Lipinski definition) is 7. The van der Waals surface area contributed by atoms with E-state index in [2.05, 4.69) is 19.8 Å². The van der Waals surface area contributed by atoms with Gasteiger partial charge in [-0.1, -0.05) is 12.8 Å². The van der Waals surface area contributed by atoms with Crippen LogP contribution in [0.25, 0.3) is 0 Å². The van der Waals surface area contributed by atoms with Gasteiger partial charge in [0.15, 0.2) is 0 Å². The highest BCUT2D eigenvalue weighted by atomic mass is 16.5. The highest BCUT2D eigenvalue weighted by Crippen LogP contribution is 2.29. The zero-order chi connectivity index (χ0) is 16.1. The number of methoxy groups -OCH3 is 1. The van der Waals surface area contributed by atoms with Crippen LogP contribution in [0.2, 0.25) is 0 Å². The molecule has 1 saturated carbocycles. The first kappa shape index (κ1) is 16.2. The topological polar surface area (TPSA) is 74.6 Å². The Kier molecular flexibility index (Phi) is 5.48. The lowest BCUT2D eigenvalue weighted by Crippen LogP contribution is -2.43. The molecule has 1 aliphatic carbocycles. The second kappa shape index (κ2) is 7.77. The van der Waals surface area contributed by atoms with Gasteiger partial charge < -0.3 is 19.6 Å². The van der Waals surface area contributed by atoms with Crippen molar-refractivity contribution in [2.45, 2.75) is 51.0 Å². The highest BCUT2D eigenvalue weighted by molar-refractivity contribution is 5.41. The molecule has 2 heterocycles. The minimum atomic E-state index is 0.101. The summed E-state index contributed by atoms with van der Waals surface area (Å²) in [5, 5.41) is 9.39. The predicted octanol–water partition coefficient (Wildman–Crippen LogP) is 1.61. The first-order valence-electron chi connectivity index (χ1n) is 8.74. The van der Waals surface area contributed by atoms with Gasteiger partial charge in [-0.05, 0) is 32.1 Å². The van der Waals surface area contributed by atoms with Crippen LogP contribution >= 0.6 is 0 Å². The Bertz CT molecular complexity index is 501. The Morgan fingerprint density at radius 3 is 2.39 bits per heavy atom. The second-order valence-corrected chi connectivity index (χ2v) is 6.33. The summed E-state index contributed by atoms with van der Waals surface area (Å²) in [5.74, 6) is 1.34. The standard InChI is InChI=1S/C16H27N5O2/c1-23-16-18-14(20-9-4-2-3-5-10-20)17-15(19-16)21(11-12-22)13-7-6-8-13/h13,22H,2-12H2,1H3. The molecule has 1 saturated heterocycles. The van der Waals surface area contributed by atoms with Crippen molar-refractivity contribution in [2.24, 2.45) is 0 Å². The third kappa shape index (κ3) is 3.83. The van der Waals surface area contributed by atoms with E-state index in [1.54, 1.807) is 7.11 Å². The molecule has 1 aliphatic heterocycles. The minimum absolute atomic E-state index is 0.101. The average Bonchev–Trinajstić information content (AvgIpc) is 2.81. The van der Waals surface area contributed by atoms with Gasteiger partial charge in [0.05, 0.1) is 13.7 Å². The monoisotopic (exact) mass is 321 g/mol. The molecule has 0 amide bonds. The van der Waals surface area contributed by atoms with Crippen molar-refractivity contribution in [3.8, 4) is 6.01 Å². The van der Waals surface area contributed by atoms with Crippen LogP contribution in [0.5, 0.6) is 6.01 Å². The Hall–Kier alpha value is -1.63. The summed E-state index contributed by atoms with van der Waals surface area (Å²) in [7, 11) is 1.59. The minimum Gasteiger partial charge on any atom is -0.467 e. The number of hydrogen-bond donors (Lipinski definition) is 1. The normalized spacial score (nSPS) is 19.1. The molecule has 0 aromatic carbocycles. The quantitative estimate of drug-likeness (QED) is 0.853. The third-order valence-electron chi connectivity index (χ3n) is 4.78. The van der Waals surface area contributed by atoms with Crippen molar-refractivity contribution in [1.82, 2.24) is 15.0 Å². The maximum Gasteiger partial charge on any atom is 0.322 e. The van der Waals surface area contributed by atoms with Crippen molar-refractivity contribution < 1.29 is 9.84 Å². The van der Waals surface area contributed by atoms with Crippen molar-refractivity contribution >= 4 is 11.9 Å². The number of aliphatic hydroxyl groups is 1. The third-order valence-corrected chi connectivity index (χ3v) is 4.78. The Morgan fingerprint density at radius 2 is 1.83 bits per heavy atom. The van der Waals surface area contributed by atoms with Crippen molar-refractivity contribution in [1.29, 1.82) is 0 Å². The summed E-state index contributed by atoms with van der Waals surface area (Å²) in [6.45, 7) is 2.62. The van der Waals surface area contributed by atoms with Crippen LogP contribution in [0, 0.1) is 0 Å². The molecule has 0 radical (unpaired) electrons. The second-order valence-electron chi connectivity index (χ2n) is 6.33. The molecular weight excluding hydrogens is 294 g/mol. The van der Waals surface area contributed by atoms with Crippen molar-refractivity contribution in [3.05, 3.63) is 0 Å². The van der Waals surface area contributed by atoms with Crippen LogP contribution in [0.4, 0.5) is 11.9 Å². The summed E-state index contributed by atoms with van der Waals surface area (Å²) in [4.78, 5) is 17.9. The van der Waals surface area contributed by atoms with Gasteiger partial charge in [0, 0.05) is 25.7 Å². The van der Waals surface area contributed by atoms with Gasteiger partial charge in [-0.3, -0.25) is 0 Å². The molecule has 0 spiro atoms. The van der Waals surface area contributed by atoms with E-state index in [-0.39, 0.29) is 6.61 Å². The fraction of sp³-hybridized carbons (Fsp3) is 0.812. The SMILES string of the molecule is COc1nc(N2CCCCCC2)nc(N(CCO)C2CCC2)n1. The number of rotatable bonds is 6. The largest absolute Gasteiger partial charge is 0.467 e. The molecule has 128 valence electrons. The average molecular weight is 321 g/mol. The molecule has 1 aromatic rings. The van der Waals surface area contributed by atoms with E-state index in [0.717, 1.165) is 25.9 Å². The summed E-state index contributed by atoms with van der Waals surface area (Å²) < 4.78 is 5.30. The van der Waals surface area contributed by atoms with E-state index < -0.39 is 0 Å². The van der Waals surface area contributed by atoms with Gasteiger partial charge in [-0.15, -0.1) is 0 Å².